The molecule has 1 unspecified atom stereocenters. The molecule has 1 aliphatic rings. The van der Waals surface area contributed by atoms with Gasteiger partial charge in [-0.15, -0.1) is 0 Å². The van der Waals surface area contributed by atoms with Crippen LogP contribution < -0.4 is 5.32 Å². The number of aryl methyl sites for hydroxylation is 3. The van der Waals surface area contributed by atoms with E-state index in [9.17, 15) is 5.11 Å². The van der Waals surface area contributed by atoms with Crippen LogP contribution in [0.3, 0.4) is 0 Å². The fourth-order valence-electron chi connectivity index (χ4n) is 3.41. The third kappa shape index (κ3) is 2.24. The van der Waals surface area contributed by atoms with E-state index in [4.69, 9.17) is 0 Å². The highest BCUT2D eigenvalue weighted by molar-refractivity contribution is 5.43. The molecule has 0 bridgehead atoms. The van der Waals surface area contributed by atoms with Crippen molar-refractivity contribution in [1.82, 2.24) is 5.32 Å². The van der Waals surface area contributed by atoms with E-state index in [1.807, 2.05) is 0 Å². The predicted molar refractivity (Wildman–Crippen MR) is 71.5 cm³/mol. The Balaban J connectivity index is 2.50. The Hall–Kier alpha value is -0.860. The van der Waals surface area contributed by atoms with Gasteiger partial charge in [0.1, 0.15) is 0 Å². The van der Waals surface area contributed by atoms with Gasteiger partial charge in [0.25, 0.3) is 0 Å². The molecule has 1 aromatic carbocycles. The lowest BCUT2D eigenvalue weighted by Crippen LogP contribution is -2.46. The Morgan fingerprint density at radius 1 is 1.24 bits per heavy atom. The average Bonchev–Trinajstić information content (AvgIpc) is 2.28. The molecular formula is C15H23NO. The first-order valence-corrected chi connectivity index (χ1v) is 6.49. The molecule has 2 nitrogen and oxygen atoms in total. The van der Waals surface area contributed by atoms with Gasteiger partial charge in [-0.2, -0.15) is 0 Å². The SMILES string of the molecule is Cc1cc(C)c(C2(CO)CCCNC2)c(C)c1. The van der Waals surface area contributed by atoms with E-state index in [0.717, 1.165) is 25.9 Å². The van der Waals surface area contributed by atoms with Crippen LogP contribution in [0.1, 0.15) is 35.1 Å². The highest BCUT2D eigenvalue weighted by atomic mass is 16.3. The number of aliphatic hydroxyl groups excluding tert-OH is 1. The molecule has 1 aromatic rings. The zero-order chi connectivity index (χ0) is 12.5. The number of piperidine rings is 1. The van der Waals surface area contributed by atoms with Crippen LogP contribution in [-0.2, 0) is 5.41 Å². The number of hydrogen-bond donors (Lipinski definition) is 2. The van der Waals surface area contributed by atoms with Gasteiger partial charge < -0.3 is 10.4 Å². The van der Waals surface area contributed by atoms with Crippen LogP contribution in [0.5, 0.6) is 0 Å². The van der Waals surface area contributed by atoms with Crippen LogP contribution in [0.25, 0.3) is 0 Å². The third-order valence-corrected chi connectivity index (χ3v) is 3.98. The fourth-order valence-corrected chi connectivity index (χ4v) is 3.41. The Morgan fingerprint density at radius 2 is 1.88 bits per heavy atom. The van der Waals surface area contributed by atoms with E-state index < -0.39 is 0 Å². The highest BCUT2D eigenvalue weighted by Gasteiger charge is 2.35. The maximum absolute atomic E-state index is 9.87. The Kier molecular flexibility index (Phi) is 3.55. The van der Waals surface area contributed by atoms with E-state index in [-0.39, 0.29) is 12.0 Å². The van der Waals surface area contributed by atoms with Crippen LogP contribution >= 0.6 is 0 Å². The number of benzene rings is 1. The van der Waals surface area contributed by atoms with Gasteiger partial charge in [0.05, 0.1) is 6.61 Å². The molecule has 17 heavy (non-hydrogen) atoms. The van der Waals surface area contributed by atoms with Crippen LogP contribution in [0, 0.1) is 20.8 Å². The Bertz CT molecular complexity index is 382. The molecular weight excluding hydrogens is 210 g/mol. The normalized spacial score (nSPS) is 24.9. The maximum atomic E-state index is 9.87. The van der Waals surface area contributed by atoms with E-state index >= 15 is 0 Å². The monoisotopic (exact) mass is 233 g/mol. The van der Waals surface area contributed by atoms with E-state index in [1.54, 1.807) is 0 Å². The molecule has 0 aromatic heterocycles. The first kappa shape index (κ1) is 12.6. The minimum Gasteiger partial charge on any atom is -0.395 e. The van der Waals surface area contributed by atoms with Crippen LogP contribution in [0.2, 0.25) is 0 Å². The summed E-state index contributed by atoms with van der Waals surface area (Å²) in [5, 5.41) is 13.3. The lowest BCUT2D eigenvalue weighted by atomic mass is 9.72. The topological polar surface area (TPSA) is 32.3 Å². The van der Waals surface area contributed by atoms with Crippen molar-refractivity contribution in [2.24, 2.45) is 0 Å². The summed E-state index contributed by atoms with van der Waals surface area (Å²) in [5.41, 5.74) is 5.24. The summed E-state index contributed by atoms with van der Waals surface area (Å²) in [6.45, 7) is 8.68. The van der Waals surface area contributed by atoms with Gasteiger partial charge in [0, 0.05) is 12.0 Å². The van der Waals surface area contributed by atoms with E-state index in [2.05, 4.69) is 38.2 Å². The fraction of sp³-hybridized carbons (Fsp3) is 0.600. The quantitative estimate of drug-likeness (QED) is 0.821. The number of hydrogen-bond acceptors (Lipinski definition) is 2. The summed E-state index contributed by atoms with van der Waals surface area (Å²) in [5.74, 6) is 0. The molecule has 1 atom stereocenters. The second kappa shape index (κ2) is 4.79. The molecule has 2 N–H and O–H groups in total. The largest absolute Gasteiger partial charge is 0.395 e. The Labute approximate surface area is 104 Å². The van der Waals surface area contributed by atoms with Crippen molar-refractivity contribution in [3.8, 4) is 0 Å². The minimum atomic E-state index is -0.0693. The maximum Gasteiger partial charge on any atom is 0.0540 e. The summed E-state index contributed by atoms with van der Waals surface area (Å²) in [4.78, 5) is 0. The molecule has 2 heteroatoms. The minimum absolute atomic E-state index is 0.0693. The van der Waals surface area contributed by atoms with Crippen molar-refractivity contribution in [3.63, 3.8) is 0 Å². The summed E-state index contributed by atoms with van der Waals surface area (Å²) >= 11 is 0. The molecule has 0 radical (unpaired) electrons. The van der Waals surface area contributed by atoms with Crippen molar-refractivity contribution >= 4 is 0 Å². The van der Waals surface area contributed by atoms with Crippen molar-refractivity contribution in [3.05, 3.63) is 34.4 Å². The molecule has 1 fully saturated rings. The summed E-state index contributed by atoms with van der Waals surface area (Å²) in [6, 6.07) is 4.46. The van der Waals surface area contributed by atoms with Crippen LogP contribution in [0.4, 0.5) is 0 Å². The number of rotatable bonds is 2. The first-order valence-electron chi connectivity index (χ1n) is 6.49. The zero-order valence-electron chi connectivity index (χ0n) is 11.1. The standard InChI is InChI=1S/C15H23NO/c1-11-7-12(2)14(13(3)8-11)15(10-17)5-4-6-16-9-15/h7-8,16-17H,4-6,9-10H2,1-3H3. The highest BCUT2D eigenvalue weighted by Crippen LogP contribution is 2.35. The first-order chi connectivity index (χ1) is 8.09. The van der Waals surface area contributed by atoms with Gasteiger partial charge in [0.2, 0.25) is 0 Å². The molecule has 0 amide bonds. The van der Waals surface area contributed by atoms with E-state index in [1.165, 1.54) is 22.3 Å². The third-order valence-electron chi connectivity index (χ3n) is 3.98. The second-order valence-corrected chi connectivity index (χ2v) is 5.49. The summed E-state index contributed by atoms with van der Waals surface area (Å²) in [7, 11) is 0. The number of aliphatic hydroxyl groups is 1. The van der Waals surface area contributed by atoms with Gasteiger partial charge >= 0.3 is 0 Å². The summed E-state index contributed by atoms with van der Waals surface area (Å²) in [6.07, 6.45) is 2.23. The smallest absolute Gasteiger partial charge is 0.0540 e. The second-order valence-electron chi connectivity index (χ2n) is 5.49. The molecule has 1 saturated heterocycles. The summed E-state index contributed by atoms with van der Waals surface area (Å²) < 4.78 is 0. The van der Waals surface area contributed by atoms with Crippen molar-refractivity contribution in [2.75, 3.05) is 19.7 Å². The van der Waals surface area contributed by atoms with E-state index in [0.29, 0.717) is 0 Å². The Morgan fingerprint density at radius 3 is 2.35 bits per heavy atom. The lowest BCUT2D eigenvalue weighted by Gasteiger charge is -2.39. The molecule has 0 aliphatic carbocycles. The van der Waals surface area contributed by atoms with Crippen molar-refractivity contribution < 1.29 is 5.11 Å². The van der Waals surface area contributed by atoms with Crippen LogP contribution in [-0.4, -0.2) is 24.8 Å². The molecule has 0 saturated carbocycles. The van der Waals surface area contributed by atoms with Gasteiger partial charge in [-0.25, -0.2) is 0 Å². The zero-order valence-corrected chi connectivity index (χ0v) is 11.1. The van der Waals surface area contributed by atoms with Gasteiger partial charge in [-0.3, -0.25) is 0 Å². The molecule has 94 valence electrons. The molecule has 1 aliphatic heterocycles. The van der Waals surface area contributed by atoms with Crippen molar-refractivity contribution in [1.29, 1.82) is 0 Å². The van der Waals surface area contributed by atoms with Crippen molar-refractivity contribution in [2.45, 2.75) is 39.0 Å². The molecule has 2 rings (SSSR count). The van der Waals surface area contributed by atoms with Gasteiger partial charge in [0.15, 0.2) is 0 Å². The van der Waals surface area contributed by atoms with Gasteiger partial charge in [-0.05, 0) is 56.8 Å². The molecule has 0 spiro atoms. The van der Waals surface area contributed by atoms with Crippen LogP contribution in [0.15, 0.2) is 12.1 Å². The molecule has 1 heterocycles. The number of nitrogens with one attached hydrogen (secondary N) is 1. The van der Waals surface area contributed by atoms with Gasteiger partial charge in [-0.1, -0.05) is 17.7 Å². The average molecular weight is 233 g/mol. The lowest BCUT2D eigenvalue weighted by molar-refractivity contribution is 0.161. The predicted octanol–water partition coefficient (Wildman–Crippen LogP) is 2.23.